The number of amides is 1. The minimum absolute atomic E-state index is 0.0608. The summed E-state index contributed by atoms with van der Waals surface area (Å²) in [5, 5.41) is 0.672. The van der Waals surface area contributed by atoms with Crippen molar-refractivity contribution < 1.29 is 19.1 Å². The van der Waals surface area contributed by atoms with Crippen molar-refractivity contribution in [2.24, 2.45) is 4.99 Å². The van der Waals surface area contributed by atoms with Crippen molar-refractivity contribution in [1.82, 2.24) is 4.90 Å². The second kappa shape index (κ2) is 9.43. The van der Waals surface area contributed by atoms with E-state index >= 15 is 0 Å². The number of nitrogens with zero attached hydrogens (tertiary/aromatic N) is 2. The van der Waals surface area contributed by atoms with Crippen LogP contribution >= 0.6 is 11.8 Å². The van der Waals surface area contributed by atoms with Gasteiger partial charge in [-0.05, 0) is 61.5 Å². The first-order valence-electron chi connectivity index (χ1n) is 9.16. The lowest BCUT2D eigenvalue weighted by Crippen LogP contribution is -2.28. The molecule has 150 valence electrons. The van der Waals surface area contributed by atoms with Gasteiger partial charge in [0, 0.05) is 6.54 Å². The monoisotopic (exact) mass is 410 g/mol. The molecule has 7 heteroatoms. The van der Waals surface area contributed by atoms with Crippen LogP contribution in [0.1, 0.15) is 18.1 Å². The van der Waals surface area contributed by atoms with E-state index in [9.17, 15) is 9.59 Å². The number of carbonyl (C=O) groups is 2. The lowest BCUT2D eigenvalue weighted by atomic mass is 10.2. The largest absolute Gasteiger partial charge is 0.482 e. The van der Waals surface area contributed by atoms with E-state index in [-0.39, 0.29) is 12.5 Å². The summed E-state index contributed by atoms with van der Waals surface area (Å²) < 4.78 is 9.88. The average Bonchev–Trinajstić information content (AvgIpc) is 3.02. The minimum atomic E-state index is -0.441. The number of benzene rings is 2. The highest BCUT2D eigenvalue weighted by atomic mass is 32.2. The van der Waals surface area contributed by atoms with Gasteiger partial charge in [0.25, 0.3) is 5.91 Å². The Balaban J connectivity index is 1.76. The molecular formula is C22H22N2O4S. The zero-order valence-electron chi connectivity index (χ0n) is 16.5. The fraction of sp³-hybridized carbons (Fsp3) is 0.227. The van der Waals surface area contributed by atoms with Gasteiger partial charge >= 0.3 is 5.97 Å². The summed E-state index contributed by atoms with van der Waals surface area (Å²) >= 11 is 1.36. The van der Waals surface area contributed by atoms with Gasteiger partial charge < -0.3 is 9.47 Å². The molecule has 0 N–H and O–H groups in total. The number of carbonyl (C=O) groups excluding carboxylic acids is 2. The number of hydrogen-bond donors (Lipinski definition) is 0. The van der Waals surface area contributed by atoms with Crippen LogP contribution in [-0.2, 0) is 14.3 Å². The zero-order valence-corrected chi connectivity index (χ0v) is 17.4. The molecule has 1 amide bonds. The summed E-state index contributed by atoms with van der Waals surface area (Å²) in [6.07, 6.45) is 1.83. The summed E-state index contributed by atoms with van der Waals surface area (Å²) in [5.74, 6) is 0.0540. The van der Waals surface area contributed by atoms with E-state index < -0.39 is 5.97 Å². The first kappa shape index (κ1) is 20.7. The van der Waals surface area contributed by atoms with Crippen LogP contribution in [0.15, 0.2) is 58.4 Å². The molecule has 1 saturated heterocycles. The van der Waals surface area contributed by atoms with Crippen LogP contribution in [0.3, 0.4) is 0 Å². The standard InChI is InChI=1S/C22H22N2O4S/c1-4-24-21(26)19(29-22(24)23-17-9-5-15(2)6-10-17)13-16-7-11-18(12-8-16)28-14-20(25)27-3/h5-13H,4,14H2,1-3H3/b19-13+,23-22?. The Hall–Kier alpha value is -3.06. The molecule has 29 heavy (non-hydrogen) atoms. The molecule has 1 aliphatic heterocycles. The maximum Gasteiger partial charge on any atom is 0.343 e. The molecule has 0 aliphatic carbocycles. The summed E-state index contributed by atoms with van der Waals surface area (Å²) in [5.41, 5.74) is 2.84. The number of aliphatic imine (C=N–C) groups is 1. The molecule has 1 fully saturated rings. The average molecular weight is 410 g/mol. The summed E-state index contributed by atoms with van der Waals surface area (Å²) in [6, 6.07) is 15.0. The highest BCUT2D eigenvalue weighted by molar-refractivity contribution is 8.18. The number of amidine groups is 1. The predicted octanol–water partition coefficient (Wildman–Crippen LogP) is 4.17. The number of likely N-dealkylation sites (N-methyl/N-ethyl adjacent to an activating group) is 1. The highest BCUT2D eigenvalue weighted by Crippen LogP contribution is 2.34. The van der Waals surface area contributed by atoms with Gasteiger partial charge in [-0.3, -0.25) is 9.69 Å². The van der Waals surface area contributed by atoms with Gasteiger partial charge in [-0.2, -0.15) is 0 Å². The van der Waals surface area contributed by atoms with Crippen LogP contribution in [-0.4, -0.2) is 42.2 Å². The molecule has 0 radical (unpaired) electrons. The number of methoxy groups -OCH3 is 1. The molecule has 3 rings (SSSR count). The smallest absolute Gasteiger partial charge is 0.343 e. The third-order valence-corrected chi connectivity index (χ3v) is 5.23. The number of rotatable bonds is 6. The lowest BCUT2D eigenvalue weighted by Gasteiger charge is -2.12. The van der Waals surface area contributed by atoms with E-state index in [0.717, 1.165) is 16.8 Å². The molecule has 2 aromatic carbocycles. The molecule has 0 bridgehead atoms. The van der Waals surface area contributed by atoms with E-state index in [1.807, 2.05) is 56.3 Å². The Kier molecular flexibility index (Phi) is 6.72. The zero-order chi connectivity index (χ0) is 20.8. The van der Waals surface area contributed by atoms with Crippen molar-refractivity contribution in [2.45, 2.75) is 13.8 Å². The van der Waals surface area contributed by atoms with Crippen molar-refractivity contribution in [1.29, 1.82) is 0 Å². The van der Waals surface area contributed by atoms with Gasteiger partial charge in [0.05, 0.1) is 17.7 Å². The Labute approximate surface area is 174 Å². The van der Waals surface area contributed by atoms with E-state index in [0.29, 0.717) is 22.4 Å². The van der Waals surface area contributed by atoms with E-state index in [1.165, 1.54) is 18.9 Å². The van der Waals surface area contributed by atoms with E-state index in [2.05, 4.69) is 9.73 Å². The third-order valence-electron chi connectivity index (χ3n) is 4.23. The van der Waals surface area contributed by atoms with Crippen molar-refractivity contribution in [3.05, 3.63) is 64.6 Å². The summed E-state index contributed by atoms with van der Waals surface area (Å²) in [4.78, 5) is 30.8. The molecule has 0 unspecified atom stereocenters. The quantitative estimate of drug-likeness (QED) is 0.528. The van der Waals surface area contributed by atoms with E-state index in [4.69, 9.17) is 4.74 Å². The SMILES string of the molecule is CCN1C(=O)/C(=C\c2ccc(OCC(=O)OC)cc2)SC1=Nc1ccc(C)cc1. The number of aryl methyl sites for hydroxylation is 1. The fourth-order valence-electron chi connectivity index (χ4n) is 2.61. The molecule has 0 atom stereocenters. The predicted molar refractivity (Wildman–Crippen MR) is 115 cm³/mol. The summed E-state index contributed by atoms with van der Waals surface area (Å²) in [7, 11) is 1.31. The third kappa shape index (κ3) is 5.26. The first-order chi connectivity index (χ1) is 14.0. The molecule has 6 nitrogen and oxygen atoms in total. The maximum atomic E-state index is 12.8. The second-order valence-electron chi connectivity index (χ2n) is 6.32. The van der Waals surface area contributed by atoms with Gasteiger partial charge in [-0.25, -0.2) is 9.79 Å². The van der Waals surface area contributed by atoms with Gasteiger partial charge in [0.1, 0.15) is 5.75 Å². The van der Waals surface area contributed by atoms with Crippen LogP contribution in [0.4, 0.5) is 5.69 Å². The Morgan fingerprint density at radius 2 is 1.83 bits per heavy atom. The molecular weight excluding hydrogens is 388 g/mol. The number of esters is 1. The molecule has 2 aromatic rings. The van der Waals surface area contributed by atoms with Crippen LogP contribution in [0, 0.1) is 6.92 Å². The van der Waals surface area contributed by atoms with Crippen molar-refractivity contribution in [3.63, 3.8) is 0 Å². The molecule has 0 aromatic heterocycles. The topological polar surface area (TPSA) is 68.2 Å². The molecule has 1 heterocycles. The number of thioether (sulfide) groups is 1. The van der Waals surface area contributed by atoms with Crippen LogP contribution in [0.5, 0.6) is 5.75 Å². The second-order valence-corrected chi connectivity index (χ2v) is 7.33. The van der Waals surface area contributed by atoms with Crippen LogP contribution in [0.25, 0.3) is 6.08 Å². The van der Waals surface area contributed by atoms with Crippen LogP contribution < -0.4 is 4.74 Å². The fourth-order valence-corrected chi connectivity index (χ4v) is 3.68. The first-order valence-corrected chi connectivity index (χ1v) is 9.98. The normalized spacial score (nSPS) is 16.5. The minimum Gasteiger partial charge on any atom is -0.482 e. The Morgan fingerprint density at radius 1 is 1.14 bits per heavy atom. The van der Waals surface area contributed by atoms with Crippen LogP contribution in [0.2, 0.25) is 0 Å². The van der Waals surface area contributed by atoms with Gasteiger partial charge in [-0.1, -0.05) is 29.8 Å². The Morgan fingerprint density at radius 3 is 2.45 bits per heavy atom. The van der Waals surface area contributed by atoms with Crippen molar-refractivity contribution in [3.8, 4) is 5.75 Å². The molecule has 0 saturated carbocycles. The molecule has 1 aliphatic rings. The van der Waals surface area contributed by atoms with Crippen molar-refractivity contribution in [2.75, 3.05) is 20.3 Å². The molecule has 0 spiro atoms. The van der Waals surface area contributed by atoms with E-state index in [1.54, 1.807) is 17.0 Å². The van der Waals surface area contributed by atoms with Crippen molar-refractivity contribution >= 4 is 40.6 Å². The van der Waals surface area contributed by atoms with Gasteiger partial charge in [0.2, 0.25) is 0 Å². The maximum absolute atomic E-state index is 12.8. The number of ether oxygens (including phenoxy) is 2. The summed E-state index contributed by atoms with van der Waals surface area (Å²) in [6.45, 7) is 4.36. The Bertz CT molecular complexity index is 950. The highest BCUT2D eigenvalue weighted by Gasteiger charge is 2.32. The van der Waals surface area contributed by atoms with Gasteiger partial charge in [0.15, 0.2) is 11.8 Å². The van der Waals surface area contributed by atoms with Gasteiger partial charge in [-0.15, -0.1) is 0 Å². The lowest BCUT2D eigenvalue weighted by molar-refractivity contribution is -0.142. The number of hydrogen-bond acceptors (Lipinski definition) is 6.